The maximum atomic E-state index is 13.1. The van der Waals surface area contributed by atoms with Crippen molar-refractivity contribution in [3.05, 3.63) is 70.2 Å². The molecule has 0 fully saturated rings. The summed E-state index contributed by atoms with van der Waals surface area (Å²) >= 11 is 5.99. The molecular weight excluding hydrogens is 396 g/mol. The van der Waals surface area contributed by atoms with Crippen molar-refractivity contribution in [2.24, 2.45) is 5.92 Å². The van der Waals surface area contributed by atoms with Gasteiger partial charge in [-0.3, -0.25) is 9.59 Å². The summed E-state index contributed by atoms with van der Waals surface area (Å²) < 4.78 is 0. The van der Waals surface area contributed by atoms with Crippen molar-refractivity contribution in [2.75, 3.05) is 6.54 Å². The molecule has 0 aliphatic rings. The first-order valence-electron chi connectivity index (χ1n) is 10.7. The second-order valence-corrected chi connectivity index (χ2v) is 8.57. The molecule has 0 radical (unpaired) electrons. The highest BCUT2D eigenvalue weighted by atomic mass is 35.5. The van der Waals surface area contributed by atoms with E-state index < -0.39 is 6.04 Å². The molecule has 1 N–H and O–H groups in total. The van der Waals surface area contributed by atoms with Crippen LogP contribution in [0.5, 0.6) is 0 Å². The van der Waals surface area contributed by atoms with Crippen molar-refractivity contribution in [2.45, 2.75) is 59.5 Å². The van der Waals surface area contributed by atoms with E-state index in [0.717, 1.165) is 17.5 Å². The Kier molecular flexibility index (Phi) is 9.38. The van der Waals surface area contributed by atoms with E-state index in [2.05, 4.69) is 36.5 Å². The van der Waals surface area contributed by atoms with Crippen LogP contribution in [0.4, 0.5) is 0 Å². The number of rotatable bonds is 10. The zero-order chi connectivity index (χ0) is 22.1. The summed E-state index contributed by atoms with van der Waals surface area (Å²) in [5.74, 6) is 0.197. The molecule has 0 heterocycles. The van der Waals surface area contributed by atoms with Crippen LogP contribution in [0.25, 0.3) is 0 Å². The lowest BCUT2D eigenvalue weighted by Crippen LogP contribution is -2.48. The standard InChI is InChI=1S/C25H33ClN2O2/c1-5-20-6-8-21(9-7-20)12-15-24(29)28(17-22-10-13-23(26)14-11-22)19(4)25(30)27-16-18(2)3/h6-11,13-14,18-19H,5,12,15-17H2,1-4H3,(H,27,30)/t19-/m1/s1. The monoisotopic (exact) mass is 428 g/mol. The van der Waals surface area contributed by atoms with Crippen molar-refractivity contribution < 1.29 is 9.59 Å². The summed E-state index contributed by atoms with van der Waals surface area (Å²) in [6, 6.07) is 15.2. The minimum Gasteiger partial charge on any atom is -0.354 e. The van der Waals surface area contributed by atoms with E-state index in [0.29, 0.717) is 36.9 Å². The molecule has 0 saturated heterocycles. The molecule has 0 aromatic heterocycles. The molecule has 5 heteroatoms. The molecule has 2 rings (SSSR count). The molecule has 30 heavy (non-hydrogen) atoms. The van der Waals surface area contributed by atoms with E-state index in [9.17, 15) is 9.59 Å². The fraction of sp³-hybridized carbons (Fsp3) is 0.440. The van der Waals surface area contributed by atoms with Crippen LogP contribution in [0, 0.1) is 5.92 Å². The number of nitrogens with one attached hydrogen (secondary N) is 1. The predicted molar refractivity (Wildman–Crippen MR) is 123 cm³/mol. The molecule has 0 unspecified atom stereocenters. The molecule has 0 aliphatic carbocycles. The van der Waals surface area contributed by atoms with Crippen LogP contribution < -0.4 is 5.32 Å². The second kappa shape index (κ2) is 11.8. The highest BCUT2D eigenvalue weighted by molar-refractivity contribution is 6.30. The second-order valence-electron chi connectivity index (χ2n) is 8.13. The van der Waals surface area contributed by atoms with E-state index in [1.54, 1.807) is 24.0 Å². The zero-order valence-electron chi connectivity index (χ0n) is 18.5. The first kappa shape index (κ1) is 23.9. The molecule has 0 bridgehead atoms. The molecule has 0 spiro atoms. The van der Waals surface area contributed by atoms with E-state index >= 15 is 0 Å². The van der Waals surface area contributed by atoms with E-state index in [-0.39, 0.29) is 11.8 Å². The quantitative estimate of drug-likeness (QED) is 0.577. The van der Waals surface area contributed by atoms with Gasteiger partial charge < -0.3 is 10.2 Å². The fourth-order valence-electron chi connectivity index (χ4n) is 3.16. The smallest absolute Gasteiger partial charge is 0.242 e. The number of carbonyl (C=O) groups is 2. The normalized spacial score (nSPS) is 11.9. The average Bonchev–Trinajstić information content (AvgIpc) is 2.75. The number of amides is 2. The lowest BCUT2D eigenvalue weighted by molar-refractivity contribution is -0.140. The molecule has 2 aromatic rings. The number of halogens is 1. The number of hydrogen-bond donors (Lipinski definition) is 1. The van der Waals surface area contributed by atoms with Gasteiger partial charge >= 0.3 is 0 Å². The number of carbonyl (C=O) groups excluding carboxylic acids is 2. The van der Waals surface area contributed by atoms with Gasteiger partial charge in [0.15, 0.2) is 0 Å². The first-order chi connectivity index (χ1) is 14.3. The third-order valence-corrected chi connectivity index (χ3v) is 5.43. The maximum Gasteiger partial charge on any atom is 0.242 e. The van der Waals surface area contributed by atoms with Gasteiger partial charge in [-0.05, 0) is 54.5 Å². The summed E-state index contributed by atoms with van der Waals surface area (Å²) in [6.07, 6.45) is 2.01. The number of nitrogens with zero attached hydrogens (tertiary/aromatic N) is 1. The Bertz CT molecular complexity index is 816. The zero-order valence-corrected chi connectivity index (χ0v) is 19.2. The Morgan fingerprint density at radius 1 is 0.933 bits per heavy atom. The van der Waals surface area contributed by atoms with Crippen LogP contribution in [-0.2, 0) is 29.0 Å². The minimum absolute atomic E-state index is 0.0308. The molecule has 0 saturated carbocycles. The Balaban J connectivity index is 2.10. The molecule has 1 atom stereocenters. The lowest BCUT2D eigenvalue weighted by Gasteiger charge is -2.29. The van der Waals surface area contributed by atoms with Gasteiger partial charge in [0, 0.05) is 24.5 Å². The van der Waals surface area contributed by atoms with Crippen LogP contribution in [0.3, 0.4) is 0 Å². The van der Waals surface area contributed by atoms with Crippen molar-refractivity contribution in [3.8, 4) is 0 Å². The minimum atomic E-state index is -0.547. The first-order valence-corrected chi connectivity index (χ1v) is 11.1. The molecule has 0 aliphatic heterocycles. The van der Waals surface area contributed by atoms with Gasteiger partial charge in [0.2, 0.25) is 11.8 Å². The highest BCUT2D eigenvalue weighted by Gasteiger charge is 2.26. The summed E-state index contributed by atoms with van der Waals surface area (Å²) in [5.41, 5.74) is 3.36. The van der Waals surface area contributed by atoms with E-state index in [1.165, 1.54) is 5.56 Å². The predicted octanol–water partition coefficient (Wildman–Crippen LogP) is 5.02. The summed E-state index contributed by atoms with van der Waals surface area (Å²) in [7, 11) is 0. The van der Waals surface area contributed by atoms with Crippen molar-refractivity contribution in [3.63, 3.8) is 0 Å². The Morgan fingerprint density at radius 2 is 1.50 bits per heavy atom. The topological polar surface area (TPSA) is 49.4 Å². The average molecular weight is 429 g/mol. The lowest BCUT2D eigenvalue weighted by atomic mass is 10.0. The van der Waals surface area contributed by atoms with E-state index in [1.807, 2.05) is 26.0 Å². The largest absolute Gasteiger partial charge is 0.354 e. The molecule has 162 valence electrons. The summed E-state index contributed by atoms with van der Waals surface area (Å²) in [4.78, 5) is 27.4. The van der Waals surface area contributed by atoms with Crippen LogP contribution >= 0.6 is 11.6 Å². The number of aryl methyl sites for hydroxylation is 2. The maximum absolute atomic E-state index is 13.1. The summed E-state index contributed by atoms with van der Waals surface area (Å²) in [6.45, 7) is 8.98. The fourth-order valence-corrected chi connectivity index (χ4v) is 3.28. The van der Waals surface area contributed by atoms with Gasteiger partial charge in [0.1, 0.15) is 6.04 Å². The molecule has 2 aromatic carbocycles. The van der Waals surface area contributed by atoms with Gasteiger partial charge in [-0.25, -0.2) is 0 Å². The number of hydrogen-bond acceptors (Lipinski definition) is 2. The van der Waals surface area contributed by atoms with Gasteiger partial charge in [0.25, 0.3) is 0 Å². The Labute approximate surface area is 185 Å². The Morgan fingerprint density at radius 3 is 2.07 bits per heavy atom. The Hall–Kier alpha value is -2.33. The highest BCUT2D eigenvalue weighted by Crippen LogP contribution is 2.16. The van der Waals surface area contributed by atoms with Crippen LogP contribution in [0.1, 0.15) is 50.8 Å². The van der Waals surface area contributed by atoms with Crippen LogP contribution in [0.2, 0.25) is 5.02 Å². The van der Waals surface area contributed by atoms with Crippen molar-refractivity contribution in [1.82, 2.24) is 10.2 Å². The van der Waals surface area contributed by atoms with Gasteiger partial charge in [-0.1, -0.05) is 68.8 Å². The summed E-state index contributed by atoms with van der Waals surface area (Å²) in [5, 5.41) is 3.59. The SMILES string of the molecule is CCc1ccc(CCC(=O)N(Cc2ccc(Cl)cc2)[C@H](C)C(=O)NCC(C)C)cc1. The van der Waals surface area contributed by atoms with Crippen LogP contribution in [0.15, 0.2) is 48.5 Å². The molecule has 2 amide bonds. The third-order valence-electron chi connectivity index (χ3n) is 5.18. The van der Waals surface area contributed by atoms with Gasteiger partial charge in [0.05, 0.1) is 0 Å². The van der Waals surface area contributed by atoms with Gasteiger partial charge in [-0.15, -0.1) is 0 Å². The number of benzene rings is 2. The van der Waals surface area contributed by atoms with Crippen molar-refractivity contribution >= 4 is 23.4 Å². The van der Waals surface area contributed by atoms with Crippen molar-refractivity contribution in [1.29, 1.82) is 0 Å². The van der Waals surface area contributed by atoms with Crippen LogP contribution in [-0.4, -0.2) is 29.3 Å². The third kappa shape index (κ3) is 7.49. The van der Waals surface area contributed by atoms with E-state index in [4.69, 9.17) is 11.6 Å². The molecular formula is C25H33ClN2O2. The van der Waals surface area contributed by atoms with Gasteiger partial charge in [-0.2, -0.15) is 0 Å². The molecule has 4 nitrogen and oxygen atoms in total.